The van der Waals surface area contributed by atoms with Gasteiger partial charge in [0.2, 0.25) is 0 Å². The van der Waals surface area contributed by atoms with E-state index in [1.807, 2.05) is 0 Å². The van der Waals surface area contributed by atoms with Crippen LogP contribution in [0.15, 0.2) is 18.5 Å². The predicted octanol–water partition coefficient (Wildman–Crippen LogP) is 0.347. The van der Waals surface area contributed by atoms with E-state index in [0.717, 1.165) is 5.69 Å². The predicted molar refractivity (Wildman–Crippen MR) is 64.2 cm³/mol. The number of carbonyl (C=O) groups is 1. The van der Waals surface area contributed by atoms with Crippen molar-refractivity contribution in [3.63, 3.8) is 0 Å². The van der Waals surface area contributed by atoms with Gasteiger partial charge in [-0.1, -0.05) is 0 Å². The fourth-order valence-corrected chi connectivity index (χ4v) is 1.09. The lowest BCUT2D eigenvalue weighted by Crippen LogP contribution is -2.37. The Kier molecular flexibility index (Phi) is 4.38. The van der Waals surface area contributed by atoms with Crippen molar-refractivity contribution in [2.24, 2.45) is 0 Å². The highest BCUT2D eigenvalue weighted by Gasteiger charge is 2.00. The highest BCUT2D eigenvalue weighted by molar-refractivity contribution is 5.73. The number of nitrogen functional groups attached to an aromatic ring is 1. The van der Waals surface area contributed by atoms with Crippen LogP contribution in [0.25, 0.3) is 0 Å². The van der Waals surface area contributed by atoms with Crippen molar-refractivity contribution in [3.8, 4) is 0 Å². The molecule has 1 rings (SSSR count). The van der Waals surface area contributed by atoms with Gasteiger partial charge in [0.05, 0.1) is 17.6 Å². The first-order chi connectivity index (χ1) is 7.59. The van der Waals surface area contributed by atoms with Crippen molar-refractivity contribution in [2.45, 2.75) is 0 Å². The van der Waals surface area contributed by atoms with E-state index in [1.54, 1.807) is 32.6 Å². The van der Waals surface area contributed by atoms with Crippen molar-refractivity contribution in [1.29, 1.82) is 0 Å². The number of amides is 2. The van der Waals surface area contributed by atoms with Gasteiger partial charge in [-0.05, 0) is 6.07 Å². The molecule has 0 aliphatic rings. The molecular formula is C10H17N5O. The van der Waals surface area contributed by atoms with Crippen molar-refractivity contribution in [1.82, 2.24) is 15.2 Å². The molecule has 16 heavy (non-hydrogen) atoms. The first-order valence-electron chi connectivity index (χ1n) is 4.99. The number of nitrogens with zero attached hydrogens (tertiary/aromatic N) is 2. The third-order valence-electron chi connectivity index (χ3n) is 1.90. The Morgan fingerprint density at radius 3 is 2.81 bits per heavy atom. The van der Waals surface area contributed by atoms with Gasteiger partial charge >= 0.3 is 6.03 Å². The number of urea groups is 1. The SMILES string of the molecule is CN(C)C(=O)NCCNc1cncc(N)c1. The molecule has 0 unspecified atom stereocenters. The van der Waals surface area contributed by atoms with Crippen LogP contribution in [0.5, 0.6) is 0 Å². The topological polar surface area (TPSA) is 83.3 Å². The van der Waals surface area contributed by atoms with Crippen LogP contribution in [0.3, 0.4) is 0 Å². The van der Waals surface area contributed by atoms with Gasteiger partial charge in [0.15, 0.2) is 0 Å². The van der Waals surface area contributed by atoms with Gasteiger partial charge in [0, 0.05) is 33.4 Å². The molecule has 0 aliphatic heterocycles. The van der Waals surface area contributed by atoms with Crippen LogP contribution in [-0.4, -0.2) is 43.1 Å². The molecule has 0 bridgehead atoms. The Bertz CT molecular complexity index is 353. The highest BCUT2D eigenvalue weighted by atomic mass is 16.2. The van der Waals surface area contributed by atoms with Crippen LogP contribution in [0.1, 0.15) is 0 Å². The number of nitrogens with two attached hydrogens (primary N) is 1. The average molecular weight is 223 g/mol. The zero-order valence-corrected chi connectivity index (χ0v) is 9.53. The molecule has 4 N–H and O–H groups in total. The lowest BCUT2D eigenvalue weighted by atomic mass is 10.4. The molecule has 2 amide bonds. The third-order valence-corrected chi connectivity index (χ3v) is 1.90. The molecule has 0 fully saturated rings. The summed E-state index contributed by atoms with van der Waals surface area (Å²) in [6.07, 6.45) is 3.27. The average Bonchev–Trinajstić information content (AvgIpc) is 2.24. The van der Waals surface area contributed by atoms with Gasteiger partial charge in [-0.3, -0.25) is 4.98 Å². The largest absolute Gasteiger partial charge is 0.397 e. The molecule has 0 saturated carbocycles. The molecular weight excluding hydrogens is 206 g/mol. The maximum atomic E-state index is 11.2. The molecule has 0 radical (unpaired) electrons. The van der Waals surface area contributed by atoms with E-state index in [4.69, 9.17) is 5.73 Å². The van der Waals surface area contributed by atoms with Gasteiger partial charge in [-0.2, -0.15) is 0 Å². The van der Waals surface area contributed by atoms with E-state index in [2.05, 4.69) is 15.6 Å². The third kappa shape index (κ3) is 4.04. The monoisotopic (exact) mass is 223 g/mol. The molecule has 1 heterocycles. The van der Waals surface area contributed by atoms with E-state index >= 15 is 0 Å². The lowest BCUT2D eigenvalue weighted by Gasteiger charge is -2.12. The summed E-state index contributed by atoms with van der Waals surface area (Å²) < 4.78 is 0. The molecule has 0 spiro atoms. The Hall–Kier alpha value is -1.98. The molecule has 88 valence electrons. The molecule has 0 aliphatic carbocycles. The Morgan fingerprint density at radius 1 is 1.44 bits per heavy atom. The first-order valence-corrected chi connectivity index (χ1v) is 4.99. The van der Waals surface area contributed by atoms with Crippen LogP contribution in [0.2, 0.25) is 0 Å². The summed E-state index contributed by atoms with van der Waals surface area (Å²) in [5.41, 5.74) is 7.03. The molecule has 1 aromatic heterocycles. The van der Waals surface area contributed by atoms with E-state index in [9.17, 15) is 4.79 Å². The van der Waals surface area contributed by atoms with Gasteiger partial charge in [0.25, 0.3) is 0 Å². The number of carbonyl (C=O) groups excluding carboxylic acids is 1. The normalized spacial score (nSPS) is 9.62. The zero-order valence-electron chi connectivity index (χ0n) is 9.53. The number of pyridine rings is 1. The van der Waals surface area contributed by atoms with E-state index < -0.39 is 0 Å². The summed E-state index contributed by atoms with van der Waals surface area (Å²) in [6.45, 7) is 1.18. The smallest absolute Gasteiger partial charge is 0.316 e. The fraction of sp³-hybridized carbons (Fsp3) is 0.400. The van der Waals surface area contributed by atoms with E-state index in [-0.39, 0.29) is 6.03 Å². The number of aromatic nitrogens is 1. The fourth-order valence-electron chi connectivity index (χ4n) is 1.09. The van der Waals surface area contributed by atoms with Crippen LogP contribution in [0.4, 0.5) is 16.2 Å². The lowest BCUT2D eigenvalue weighted by molar-refractivity contribution is 0.218. The number of anilines is 2. The minimum atomic E-state index is -0.104. The van der Waals surface area contributed by atoms with Crippen molar-refractivity contribution in [3.05, 3.63) is 18.5 Å². The Morgan fingerprint density at radius 2 is 2.19 bits per heavy atom. The van der Waals surface area contributed by atoms with Crippen molar-refractivity contribution >= 4 is 17.4 Å². The summed E-state index contributed by atoms with van der Waals surface area (Å²) >= 11 is 0. The van der Waals surface area contributed by atoms with E-state index in [0.29, 0.717) is 18.8 Å². The molecule has 1 aromatic rings. The Labute approximate surface area is 94.8 Å². The Balaban J connectivity index is 2.23. The minimum Gasteiger partial charge on any atom is -0.397 e. The second-order valence-electron chi connectivity index (χ2n) is 3.56. The van der Waals surface area contributed by atoms with Crippen LogP contribution in [0, 0.1) is 0 Å². The summed E-state index contributed by atoms with van der Waals surface area (Å²) in [6, 6.07) is 1.69. The van der Waals surface area contributed by atoms with Crippen LogP contribution < -0.4 is 16.4 Å². The summed E-state index contributed by atoms with van der Waals surface area (Å²) in [7, 11) is 3.40. The minimum absolute atomic E-state index is 0.104. The van der Waals surface area contributed by atoms with Crippen LogP contribution >= 0.6 is 0 Å². The molecule has 0 atom stereocenters. The highest BCUT2D eigenvalue weighted by Crippen LogP contribution is 2.08. The standard InChI is InChI=1S/C10H17N5O/c1-15(2)10(16)14-4-3-13-9-5-8(11)6-12-7-9/h5-7,13H,3-4,11H2,1-2H3,(H,14,16). The second-order valence-corrected chi connectivity index (χ2v) is 3.56. The van der Waals surface area contributed by atoms with Gasteiger partial charge in [-0.25, -0.2) is 4.79 Å². The number of nitrogens with one attached hydrogen (secondary N) is 2. The number of hydrogen-bond acceptors (Lipinski definition) is 4. The molecule has 6 nitrogen and oxygen atoms in total. The summed E-state index contributed by atoms with van der Waals surface area (Å²) in [4.78, 5) is 16.6. The zero-order chi connectivity index (χ0) is 12.0. The number of hydrogen-bond donors (Lipinski definition) is 3. The second kappa shape index (κ2) is 5.79. The summed E-state index contributed by atoms with van der Waals surface area (Å²) in [5.74, 6) is 0. The van der Waals surface area contributed by atoms with Crippen molar-refractivity contribution < 1.29 is 4.79 Å². The molecule has 6 heteroatoms. The maximum absolute atomic E-state index is 11.2. The first kappa shape index (κ1) is 12.1. The molecule has 0 saturated heterocycles. The van der Waals surface area contributed by atoms with Gasteiger partial charge < -0.3 is 21.3 Å². The van der Waals surface area contributed by atoms with Gasteiger partial charge in [-0.15, -0.1) is 0 Å². The number of rotatable bonds is 4. The van der Waals surface area contributed by atoms with Crippen molar-refractivity contribution in [2.75, 3.05) is 38.2 Å². The quantitative estimate of drug-likeness (QED) is 0.643. The van der Waals surface area contributed by atoms with Gasteiger partial charge in [0.1, 0.15) is 0 Å². The van der Waals surface area contributed by atoms with E-state index in [1.165, 1.54) is 4.90 Å². The maximum Gasteiger partial charge on any atom is 0.316 e. The molecule has 0 aromatic carbocycles. The van der Waals surface area contributed by atoms with Crippen LogP contribution in [-0.2, 0) is 0 Å². The summed E-state index contributed by atoms with van der Waals surface area (Å²) in [5, 5.41) is 5.84.